The quantitative estimate of drug-likeness (QED) is 0.408. The molecule has 0 radical (unpaired) electrons. The molecule has 1 N–H and O–H groups in total. The first-order valence-electron chi connectivity index (χ1n) is 3.47. The molecule has 0 saturated heterocycles. The molecule has 4 heteroatoms. The summed E-state index contributed by atoms with van der Waals surface area (Å²) in [5.41, 5.74) is -1.70. The van der Waals surface area contributed by atoms with E-state index >= 15 is 0 Å². The maximum atomic E-state index is 10.4. The van der Waals surface area contributed by atoms with Crippen LogP contribution in [0, 0.1) is 10.1 Å². The summed E-state index contributed by atoms with van der Waals surface area (Å²) in [7, 11) is 0. The number of rotatable bonds is 2. The molecule has 0 spiro atoms. The lowest BCUT2D eigenvalue weighted by Gasteiger charge is -2.13. The molecule has 4 nitrogen and oxygen atoms in total. The molecule has 1 unspecified atom stereocenters. The molecule has 0 saturated carbocycles. The summed E-state index contributed by atoms with van der Waals surface area (Å²) in [6.07, 6.45) is 0. The minimum atomic E-state index is -1.98. The van der Waals surface area contributed by atoms with Crippen LogP contribution in [0.3, 0.4) is 0 Å². The lowest BCUT2D eigenvalue weighted by molar-refractivity contribution is -0.630. The van der Waals surface area contributed by atoms with Crippen molar-refractivity contribution in [2.24, 2.45) is 0 Å². The molecule has 1 aromatic rings. The van der Waals surface area contributed by atoms with Crippen LogP contribution in [-0.2, 0) is 5.72 Å². The van der Waals surface area contributed by atoms with E-state index in [9.17, 15) is 15.2 Å². The predicted molar refractivity (Wildman–Crippen MR) is 43.0 cm³/mol. The first kappa shape index (κ1) is 8.67. The van der Waals surface area contributed by atoms with Crippen LogP contribution in [0.25, 0.3) is 0 Å². The van der Waals surface area contributed by atoms with Crippen molar-refractivity contribution < 1.29 is 10.0 Å². The highest BCUT2D eigenvalue weighted by Gasteiger charge is 2.35. The third kappa shape index (κ3) is 1.43. The maximum Gasteiger partial charge on any atom is 0.346 e. The van der Waals surface area contributed by atoms with E-state index in [2.05, 4.69) is 0 Å². The van der Waals surface area contributed by atoms with Crippen LogP contribution in [-0.4, -0.2) is 10.0 Å². The van der Waals surface area contributed by atoms with Gasteiger partial charge in [0.05, 0.1) is 10.5 Å². The van der Waals surface area contributed by atoms with Crippen molar-refractivity contribution in [2.45, 2.75) is 12.6 Å². The third-order valence-electron chi connectivity index (χ3n) is 1.68. The molecule has 0 amide bonds. The average molecular weight is 167 g/mol. The molecule has 0 fully saturated rings. The monoisotopic (exact) mass is 167 g/mol. The van der Waals surface area contributed by atoms with Crippen LogP contribution >= 0.6 is 0 Å². The van der Waals surface area contributed by atoms with Gasteiger partial charge in [0.2, 0.25) is 0 Å². The Labute approximate surface area is 69.6 Å². The Morgan fingerprint density at radius 1 is 1.42 bits per heavy atom. The minimum absolute atomic E-state index is 0.287. The molecule has 0 aliphatic carbocycles. The van der Waals surface area contributed by atoms with E-state index in [0.29, 0.717) is 0 Å². The number of nitro groups is 1. The van der Waals surface area contributed by atoms with Gasteiger partial charge in [-0.1, -0.05) is 18.2 Å². The summed E-state index contributed by atoms with van der Waals surface area (Å²) in [6, 6.07) is 8.06. The fourth-order valence-electron chi connectivity index (χ4n) is 0.859. The van der Waals surface area contributed by atoms with Crippen molar-refractivity contribution in [3.63, 3.8) is 0 Å². The lowest BCUT2D eigenvalue weighted by Crippen LogP contribution is -2.31. The maximum absolute atomic E-state index is 10.4. The van der Waals surface area contributed by atoms with Crippen LogP contribution in [0.15, 0.2) is 30.3 Å². The third-order valence-corrected chi connectivity index (χ3v) is 1.68. The van der Waals surface area contributed by atoms with E-state index in [1.165, 1.54) is 12.1 Å². The fourth-order valence-corrected chi connectivity index (χ4v) is 0.859. The fraction of sp³-hybridized carbons (Fsp3) is 0.250. The summed E-state index contributed by atoms with van der Waals surface area (Å²) < 4.78 is 0. The first-order valence-corrected chi connectivity index (χ1v) is 3.47. The van der Waals surface area contributed by atoms with Gasteiger partial charge >= 0.3 is 5.72 Å². The highest BCUT2D eigenvalue weighted by Crippen LogP contribution is 2.19. The Bertz CT molecular complexity index is 282. The molecule has 12 heavy (non-hydrogen) atoms. The molecule has 0 aliphatic heterocycles. The summed E-state index contributed by atoms with van der Waals surface area (Å²) >= 11 is 0. The highest BCUT2D eigenvalue weighted by molar-refractivity contribution is 5.18. The van der Waals surface area contributed by atoms with Crippen molar-refractivity contribution in [1.29, 1.82) is 0 Å². The van der Waals surface area contributed by atoms with E-state index < -0.39 is 10.6 Å². The van der Waals surface area contributed by atoms with Crippen LogP contribution < -0.4 is 0 Å². The predicted octanol–water partition coefficient (Wildman–Crippen LogP) is 1.13. The molecular formula is C8H9NO3. The van der Waals surface area contributed by atoms with Gasteiger partial charge in [-0.25, -0.2) is 0 Å². The molecule has 0 aromatic heterocycles. The molecule has 0 bridgehead atoms. The van der Waals surface area contributed by atoms with Crippen molar-refractivity contribution in [1.82, 2.24) is 0 Å². The van der Waals surface area contributed by atoms with Gasteiger partial charge in [-0.2, -0.15) is 0 Å². The Morgan fingerprint density at radius 2 is 1.92 bits per heavy atom. The number of hydrogen-bond donors (Lipinski definition) is 1. The average Bonchev–Trinajstić information content (AvgIpc) is 2.06. The summed E-state index contributed by atoms with van der Waals surface area (Å²) in [4.78, 5) is 9.66. The molecule has 64 valence electrons. The van der Waals surface area contributed by atoms with Gasteiger partial charge in [-0.15, -0.1) is 0 Å². The smallest absolute Gasteiger partial charge is 0.327 e. The second-order valence-corrected chi connectivity index (χ2v) is 2.64. The number of aliphatic hydroxyl groups is 1. The van der Waals surface area contributed by atoms with Crippen LogP contribution in [0.2, 0.25) is 0 Å². The Kier molecular flexibility index (Phi) is 2.10. The zero-order chi connectivity index (χ0) is 9.19. The number of benzene rings is 1. The summed E-state index contributed by atoms with van der Waals surface area (Å²) in [6.45, 7) is 1.16. The van der Waals surface area contributed by atoms with Crippen LogP contribution in [0.1, 0.15) is 12.5 Å². The normalized spacial score (nSPS) is 15.2. The van der Waals surface area contributed by atoms with Gasteiger partial charge in [0.15, 0.2) is 0 Å². The molecule has 0 aliphatic rings. The zero-order valence-electron chi connectivity index (χ0n) is 6.60. The highest BCUT2D eigenvalue weighted by atomic mass is 16.7. The van der Waals surface area contributed by atoms with Crippen molar-refractivity contribution in [3.8, 4) is 0 Å². The van der Waals surface area contributed by atoms with Crippen molar-refractivity contribution >= 4 is 0 Å². The Balaban J connectivity index is 3.06. The minimum Gasteiger partial charge on any atom is -0.327 e. The van der Waals surface area contributed by atoms with Gasteiger partial charge in [-0.05, 0) is 12.1 Å². The summed E-state index contributed by atoms with van der Waals surface area (Å²) in [5, 5.41) is 19.7. The SMILES string of the molecule is CC(O)(c1ccccc1)[N+](=O)[O-]. The standard InChI is InChI=1S/C8H9NO3/c1-8(10,9(11)12)7-5-3-2-4-6-7/h2-6,10H,1H3. The van der Waals surface area contributed by atoms with Crippen molar-refractivity contribution in [2.75, 3.05) is 0 Å². The van der Waals surface area contributed by atoms with E-state index in [-0.39, 0.29) is 5.56 Å². The first-order chi connectivity index (χ1) is 5.55. The number of hydrogen-bond acceptors (Lipinski definition) is 3. The topological polar surface area (TPSA) is 63.4 Å². The van der Waals surface area contributed by atoms with Gasteiger partial charge in [-0.3, -0.25) is 10.1 Å². The lowest BCUT2D eigenvalue weighted by atomic mass is 10.1. The summed E-state index contributed by atoms with van der Waals surface area (Å²) in [5.74, 6) is 0. The Hall–Kier alpha value is -1.42. The van der Waals surface area contributed by atoms with Gasteiger partial charge < -0.3 is 5.11 Å². The van der Waals surface area contributed by atoms with E-state index in [0.717, 1.165) is 6.92 Å². The van der Waals surface area contributed by atoms with Crippen LogP contribution in [0.4, 0.5) is 0 Å². The molecule has 1 aromatic carbocycles. The zero-order valence-corrected chi connectivity index (χ0v) is 6.60. The van der Waals surface area contributed by atoms with E-state index in [1.807, 2.05) is 0 Å². The van der Waals surface area contributed by atoms with Gasteiger partial charge in [0.1, 0.15) is 0 Å². The Morgan fingerprint density at radius 3 is 2.33 bits per heavy atom. The van der Waals surface area contributed by atoms with Gasteiger partial charge in [0.25, 0.3) is 0 Å². The van der Waals surface area contributed by atoms with E-state index in [4.69, 9.17) is 0 Å². The largest absolute Gasteiger partial charge is 0.346 e. The molecule has 1 rings (SSSR count). The van der Waals surface area contributed by atoms with E-state index in [1.54, 1.807) is 18.2 Å². The van der Waals surface area contributed by atoms with Crippen molar-refractivity contribution in [3.05, 3.63) is 46.0 Å². The van der Waals surface area contributed by atoms with Crippen LogP contribution in [0.5, 0.6) is 0 Å². The molecular weight excluding hydrogens is 158 g/mol. The number of nitrogens with zero attached hydrogens (tertiary/aromatic N) is 1. The molecule has 1 atom stereocenters. The second kappa shape index (κ2) is 2.91. The molecule has 0 heterocycles. The van der Waals surface area contributed by atoms with Gasteiger partial charge in [0, 0.05) is 6.92 Å². The second-order valence-electron chi connectivity index (χ2n) is 2.64.